The summed E-state index contributed by atoms with van der Waals surface area (Å²) in [6, 6.07) is 2.15. The van der Waals surface area contributed by atoms with Crippen molar-refractivity contribution < 1.29 is 8.42 Å². The zero-order valence-electron chi connectivity index (χ0n) is 9.82. The Bertz CT molecular complexity index is 409. The lowest BCUT2D eigenvalue weighted by Gasteiger charge is -2.04. The van der Waals surface area contributed by atoms with Gasteiger partial charge in [-0.1, -0.05) is 6.92 Å². The highest BCUT2D eigenvalue weighted by atomic mass is 32.2. The molecule has 0 amide bonds. The number of thiophene rings is 1. The molecular weight excluding hydrogens is 242 g/mol. The highest BCUT2D eigenvalue weighted by Gasteiger charge is 2.03. The van der Waals surface area contributed by atoms with Crippen LogP contribution in [0.2, 0.25) is 0 Å². The Balaban J connectivity index is 2.21. The van der Waals surface area contributed by atoms with Crippen molar-refractivity contribution in [1.29, 1.82) is 0 Å². The van der Waals surface area contributed by atoms with Crippen LogP contribution in [0.15, 0.2) is 11.4 Å². The topological polar surface area (TPSA) is 46.2 Å². The monoisotopic (exact) mass is 261 g/mol. The first-order chi connectivity index (χ1) is 7.53. The Morgan fingerprint density at radius 3 is 2.81 bits per heavy atom. The number of hydrogen-bond donors (Lipinski definition) is 1. The van der Waals surface area contributed by atoms with Crippen molar-refractivity contribution in [2.45, 2.75) is 26.3 Å². The van der Waals surface area contributed by atoms with Gasteiger partial charge in [-0.05, 0) is 36.4 Å². The van der Waals surface area contributed by atoms with Gasteiger partial charge in [0.25, 0.3) is 0 Å². The van der Waals surface area contributed by atoms with E-state index in [0.717, 1.165) is 19.5 Å². The largest absolute Gasteiger partial charge is 0.312 e. The molecule has 0 unspecified atom stereocenters. The molecular formula is C11H19NO2S2. The first-order valence-electron chi connectivity index (χ1n) is 5.46. The molecule has 0 saturated carbocycles. The van der Waals surface area contributed by atoms with Crippen molar-refractivity contribution in [3.63, 3.8) is 0 Å². The summed E-state index contributed by atoms with van der Waals surface area (Å²) in [7, 11) is -2.81. The third-order valence-electron chi connectivity index (χ3n) is 2.37. The van der Waals surface area contributed by atoms with Gasteiger partial charge in [0.1, 0.15) is 9.84 Å². The van der Waals surface area contributed by atoms with Crippen molar-refractivity contribution in [2.24, 2.45) is 0 Å². The molecule has 16 heavy (non-hydrogen) atoms. The molecule has 1 heterocycles. The molecule has 1 aromatic rings. The summed E-state index contributed by atoms with van der Waals surface area (Å²) in [5.74, 6) is 0.269. The van der Waals surface area contributed by atoms with Gasteiger partial charge in [-0.3, -0.25) is 0 Å². The average molecular weight is 261 g/mol. The normalized spacial score (nSPS) is 11.9. The van der Waals surface area contributed by atoms with E-state index in [0.29, 0.717) is 6.42 Å². The van der Waals surface area contributed by atoms with Crippen LogP contribution in [-0.2, 0) is 22.8 Å². The zero-order valence-corrected chi connectivity index (χ0v) is 11.5. The molecule has 92 valence electrons. The molecule has 0 atom stereocenters. The van der Waals surface area contributed by atoms with E-state index < -0.39 is 9.84 Å². The van der Waals surface area contributed by atoms with E-state index in [2.05, 4.69) is 23.7 Å². The van der Waals surface area contributed by atoms with Gasteiger partial charge in [0.15, 0.2) is 0 Å². The molecule has 0 aromatic carbocycles. The maximum Gasteiger partial charge on any atom is 0.147 e. The number of hydrogen-bond acceptors (Lipinski definition) is 4. The molecule has 1 aromatic heterocycles. The summed E-state index contributed by atoms with van der Waals surface area (Å²) < 4.78 is 21.8. The highest BCUT2D eigenvalue weighted by molar-refractivity contribution is 7.90. The molecule has 3 nitrogen and oxygen atoms in total. The molecule has 0 aliphatic rings. The second-order valence-corrected chi connectivity index (χ2v) is 7.14. The van der Waals surface area contributed by atoms with Crippen LogP contribution in [0.3, 0.4) is 0 Å². The molecule has 0 fully saturated rings. The molecule has 0 aliphatic carbocycles. The lowest BCUT2D eigenvalue weighted by molar-refractivity contribution is 0.594. The van der Waals surface area contributed by atoms with Gasteiger partial charge in [0, 0.05) is 17.7 Å². The zero-order chi connectivity index (χ0) is 12.0. The van der Waals surface area contributed by atoms with Gasteiger partial charge in [-0.15, -0.1) is 11.3 Å². The van der Waals surface area contributed by atoms with E-state index in [9.17, 15) is 8.42 Å². The van der Waals surface area contributed by atoms with E-state index in [1.165, 1.54) is 16.7 Å². The Morgan fingerprint density at radius 2 is 2.19 bits per heavy atom. The fourth-order valence-electron chi connectivity index (χ4n) is 1.50. The summed E-state index contributed by atoms with van der Waals surface area (Å²) >= 11 is 1.76. The van der Waals surface area contributed by atoms with Gasteiger partial charge in [0.2, 0.25) is 0 Å². The second-order valence-electron chi connectivity index (χ2n) is 3.88. The van der Waals surface area contributed by atoms with Crippen LogP contribution in [0.25, 0.3) is 0 Å². The Morgan fingerprint density at radius 1 is 1.44 bits per heavy atom. The fourth-order valence-corrected chi connectivity index (χ4v) is 3.11. The number of rotatable bonds is 7. The summed E-state index contributed by atoms with van der Waals surface area (Å²) in [4.78, 5) is 1.36. The molecule has 1 N–H and O–H groups in total. The predicted molar refractivity (Wildman–Crippen MR) is 69.7 cm³/mol. The molecule has 0 bridgehead atoms. The SMILES string of the molecule is CCc1ccsc1CNCCCS(C)(=O)=O. The maximum absolute atomic E-state index is 10.9. The van der Waals surface area contributed by atoms with E-state index >= 15 is 0 Å². The number of aryl methyl sites for hydroxylation is 1. The Hall–Kier alpha value is -0.390. The van der Waals surface area contributed by atoms with Gasteiger partial charge < -0.3 is 5.32 Å². The van der Waals surface area contributed by atoms with Crippen molar-refractivity contribution in [3.05, 3.63) is 21.9 Å². The molecule has 1 rings (SSSR count). The highest BCUT2D eigenvalue weighted by Crippen LogP contribution is 2.16. The smallest absolute Gasteiger partial charge is 0.147 e. The quantitative estimate of drug-likeness (QED) is 0.762. The van der Waals surface area contributed by atoms with Crippen molar-refractivity contribution >= 4 is 21.2 Å². The molecule has 0 spiro atoms. The Labute approximate surface area is 102 Å². The van der Waals surface area contributed by atoms with E-state index in [-0.39, 0.29) is 5.75 Å². The van der Waals surface area contributed by atoms with Crippen LogP contribution >= 0.6 is 11.3 Å². The average Bonchev–Trinajstić information content (AvgIpc) is 2.63. The fraction of sp³-hybridized carbons (Fsp3) is 0.636. The number of sulfone groups is 1. The summed E-state index contributed by atoms with van der Waals surface area (Å²) in [5, 5.41) is 5.38. The van der Waals surface area contributed by atoms with Crippen molar-refractivity contribution in [3.8, 4) is 0 Å². The first kappa shape index (κ1) is 13.7. The summed E-state index contributed by atoms with van der Waals surface area (Å²) in [6.45, 7) is 3.76. The van der Waals surface area contributed by atoms with Gasteiger partial charge in [-0.25, -0.2) is 8.42 Å². The summed E-state index contributed by atoms with van der Waals surface area (Å²) in [5.41, 5.74) is 1.39. The number of nitrogens with one attached hydrogen (secondary N) is 1. The van der Waals surface area contributed by atoms with Gasteiger partial charge in [-0.2, -0.15) is 0 Å². The van der Waals surface area contributed by atoms with Crippen LogP contribution < -0.4 is 5.32 Å². The van der Waals surface area contributed by atoms with Gasteiger partial charge in [0.05, 0.1) is 5.75 Å². The molecule has 5 heteroatoms. The Kier molecular flexibility index (Phi) is 5.44. The van der Waals surface area contributed by atoms with E-state index in [4.69, 9.17) is 0 Å². The van der Waals surface area contributed by atoms with Crippen LogP contribution in [-0.4, -0.2) is 27.0 Å². The third-order valence-corrected chi connectivity index (χ3v) is 4.37. The van der Waals surface area contributed by atoms with E-state index in [1.54, 1.807) is 11.3 Å². The molecule has 0 saturated heterocycles. The van der Waals surface area contributed by atoms with E-state index in [1.807, 2.05) is 0 Å². The summed E-state index contributed by atoms with van der Waals surface area (Å²) in [6.07, 6.45) is 3.02. The minimum absolute atomic E-state index is 0.269. The minimum atomic E-state index is -2.81. The van der Waals surface area contributed by atoms with Crippen LogP contribution in [0.4, 0.5) is 0 Å². The standard InChI is InChI=1S/C11H19NO2S2/c1-3-10-5-7-15-11(10)9-12-6-4-8-16(2,13)14/h5,7,12H,3-4,6,8-9H2,1-2H3. The minimum Gasteiger partial charge on any atom is -0.312 e. The molecule has 0 radical (unpaired) electrons. The van der Waals surface area contributed by atoms with Crippen LogP contribution in [0, 0.1) is 0 Å². The lowest BCUT2D eigenvalue weighted by atomic mass is 10.2. The first-order valence-corrected chi connectivity index (χ1v) is 8.40. The van der Waals surface area contributed by atoms with Crippen molar-refractivity contribution in [1.82, 2.24) is 5.32 Å². The van der Waals surface area contributed by atoms with Crippen LogP contribution in [0.1, 0.15) is 23.8 Å². The predicted octanol–water partition coefficient (Wildman–Crippen LogP) is 1.83. The third kappa shape index (κ3) is 5.09. The van der Waals surface area contributed by atoms with Crippen molar-refractivity contribution in [2.75, 3.05) is 18.6 Å². The van der Waals surface area contributed by atoms with Gasteiger partial charge >= 0.3 is 0 Å². The molecule has 0 aliphatic heterocycles. The van der Waals surface area contributed by atoms with Crippen LogP contribution in [0.5, 0.6) is 0 Å². The lowest BCUT2D eigenvalue weighted by Crippen LogP contribution is -2.17. The second kappa shape index (κ2) is 6.37. The maximum atomic E-state index is 10.9.